The summed E-state index contributed by atoms with van der Waals surface area (Å²) in [5, 5.41) is 0. The highest BCUT2D eigenvalue weighted by Crippen LogP contribution is 2.28. The highest BCUT2D eigenvalue weighted by Gasteiger charge is 2.27. The fraction of sp³-hybridized carbons (Fsp3) is 0.611. The summed E-state index contributed by atoms with van der Waals surface area (Å²) in [6, 6.07) is 4.35. The Labute approximate surface area is 122 Å². The van der Waals surface area contributed by atoms with Gasteiger partial charge in [-0.2, -0.15) is 0 Å². The van der Waals surface area contributed by atoms with Gasteiger partial charge in [0.05, 0.1) is 6.10 Å². The van der Waals surface area contributed by atoms with Gasteiger partial charge in [0.1, 0.15) is 5.78 Å². The van der Waals surface area contributed by atoms with E-state index >= 15 is 0 Å². The molecule has 0 radical (unpaired) electrons. The number of carbonyl (C=O) groups is 1. The zero-order valence-corrected chi connectivity index (χ0v) is 13.2. The van der Waals surface area contributed by atoms with Crippen LogP contribution in [0.2, 0.25) is 0 Å². The lowest BCUT2D eigenvalue weighted by molar-refractivity contribution is -0.124. The molecule has 1 saturated carbocycles. The van der Waals surface area contributed by atoms with E-state index in [1.807, 2.05) is 0 Å². The van der Waals surface area contributed by atoms with E-state index in [0.717, 1.165) is 25.7 Å². The van der Waals surface area contributed by atoms with Gasteiger partial charge in [-0.15, -0.1) is 0 Å². The van der Waals surface area contributed by atoms with Crippen LogP contribution >= 0.6 is 0 Å². The van der Waals surface area contributed by atoms with Crippen molar-refractivity contribution in [2.24, 2.45) is 5.92 Å². The van der Waals surface area contributed by atoms with Crippen LogP contribution in [-0.4, -0.2) is 19.0 Å². The van der Waals surface area contributed by atoms with Gasteiger partial charge in [0, 0.05) is 19.4 Å². The van der Waals surface area contributed by atoms with E-state index in [9.17, 15) is 4.79 Å². The van der Waals surface area contributed by atoms with Crippen molar-refractivity contribution < 1.29 is 9.53 Å². The molecule has 1 aromatic rings. The van der Waals surface area contributed by atoms with Crippen molar-refractivity contribution in [2.75, 3.05) is 7.11 Å². The Kier molecular flexibility index (Phi) is 4.98. The second-order valence-corrected chi connectivity index (χ2v) is 6.24. The number of ketones is 1. The van der Waals surface area contributed by atoms with Crippen molar-refractivity contribution in [1.82, 2.24) is 0 Å². The average Bonchev–Trinajstić information content (AvgIpc) is 2.42. The number of rotatable bonds is 4. The highest BCUT2D eigenvalue weighted by molar-refractivity contribution is 5.84. The van der Waals surface area contributed by atoms with Gasteiger partial charge in [0.15, 0.2) is 0 Å². The predicted molar refractivity (Wildman–Crippen MR) is 82.1 cm³/mol. The van der Waals surface area contributed by atoms with E-state index < -0.39 is 0 Å². The average molecular weight is 274 g/mol. The van der Waals surface area contributed by atoms with Crippen molar-refractivity contribution in [2.45, 2.75) is 59.0 Å². The Morgan fingerprint density at radius 3 is 2.45 bits per heavy atom. The van der Waals surface area contributed by atoms with Crippen LogP contribution in [0.5, 0.6) is 0 Å². The van der Waals surface area contributed by atoms with Crippen LogP contribution in [0.3, 0.4) is 0 Å². The molecule has 0 amide bonds. The molecule has 1 aliphatic carbocycles. The molecule has 0 aromatic heterocycles. The van der Waals surface area contributed by atoms with Crippen molar-refractivity contribution in [3.63, 3.8) is 0 Å². The van der Waals surface area contributed by atoms with E-state index in [1.165, 1.54) is 22.3 Å². The monoisotopic (exact) mass is 274 g/mol. The first-order valence-corrected chi connectivity index (χ1v) is 7.63. The number of Topliss-reactive ketones (excluding diaryl/α,β-unsaturated/α-hetero) is 1. The van der Waals surface area contributed by atoms with Gasteiger partial charge in [0.2, 0.25) is 0 Å². The Bertz CT molecular complexity index is 467. The third kappa shape index (κ3) is 3.49. The minimum Gasteiger partial charge on any atom is -0.381 e. The van der Waals surface area contributed by atoms with Crippen LogP contribution in [0.15, 0.2) is 12.1 Å². The zero-order chi connectivity index (χ0) is 14.7. The first-order chi connectivity index (χ1) is 9.51. The van der Waals surface area contributed by atoms with E-state index in [1.54, 1.807) is 7.11 Å². The Balaban J connectivity index is 2.08. The smallest absolute Gasteiger partial charge is 0.140 e. The normalized spacial score (nSPS) is 22.8. The van der Waals surface area contributed by atoms with E-state index in [-0.39, 0.29) is 12.0 Å². The summed E-state index contributed by atoms with van der Waals surface area (Å²) in [4.78, 5) is 12.6. The van der Waals surface area contributed by atoms with Crippen LogP contribution in [0, 0.1) is 26.7 Å². The molecular weight excluding hydrogens is 248 g/mol. The highest BCUT2D eigenvalue weighted by atomic mass is 16.5. The fourth-order valence-corrected chi connectivity index (χ4v) is 3.46. The van der Waals surface area contributed by atoms with E-state index in [0.29, 0.717) is 12.2 Å². The summed E-state index contributed by atoms with van der Waals surface area (Å²) in [6.07, 6.45) is 5.00. The number of hydrogen-bond donors (Lipinski definition) is 0. The lowest BCUT2D eigenvalue weighted by atomic mass is 9.81. The minimum absolute atomic E-state index is 0.189. The number of methoxy groups -OCH3 is 1. The molecule has 2 rings (SSSR count). The molecule has 0 heterocycles. The molecule has 20 heavy (non-hydrogen) atoms. The van der Waals surface area contributed by atoms with E-state index in [2.05, 4.69) is 32.9 Å². The summed E-state index contributed by atoms with van der Waals surface area (Å²) in [5.74, 6) is 0.579. The molecule has 0 saturated heterocycles. The Hall–Kier alpha value is -1.15. The molecule has 0 spiro atoms. The molecule has 1 aromatic carbocycles. The van der Waals surface area contributed by atoms with Gasteiger partial charge in [-0.3, -0.25) is 4.79 Å². The van der Waals surface area contributed by atoms with Crippen molar-refractivity contribution in [1.29, 1.82) is 0 Å². The SMILES string of the molecule is COC1CCCC(C(=O)Cc2c(C)cc(C)cc2C)C1. The molecule has 0 bridgehead atoms. The van der Waals surface area contributed by atoms with Crippen molar-refractivity contribution in [3.05, 3.63) is 34.4 Å². The molecule has 110 valence electrons. The third-order valence-electron chi connectivity index (χ3n) is 4.61. The number of benzene rings is 1. The molecular formula is C18H26O2. The molecule has 2 unspecified atom stereocenters. The number of ether oxygens (including phenoxy) is 1. The standard InChI is InChI=1S/C18H26O2/c1-12-8-13(2)17(14(3)9-12)11-18(19)15-6-5-7-16(10-15)20-4/h8-9,15-16H,5-7,10-11H2,1-4H3. The van der Waals surface area contributed by atoms with Gasteiger partial charge in [-0.05, 0) is 56.7 Å². The third-order valence-corrected chi connectivity index (χ3v) is 4.61. The summed E-state index contributed by atoms with van der Waals surface area (Å²) in [5.41, 5.74) is 4.98. The van der Waals surface area contributed by atoms with Gasteiger partial charge >= 0.3 is 0 Å². The summed E-state index contributed by atoms with van der Waals surface area (Å²) < 4.78 is 5.43. The number of hydrogen-bond acceptors (Lipinski definition) is 2. The van der Waals surface area contributed by atoms with Crippen LogP contribution in [0.1, 0.15) is 47.9 Å². The number of carbonyl (C=O) groups excluding carboxylic acids is 1. The first kappa shape index (κ1) is 15.2. The quantitative estimate of drug-likeness (QED) is 0.831. The second-order valence-electron chi connectivity index (χ2n) is 6.24. The zero-order valence-electron chi connectivity index (χ0n) is 13.2. The summed E-state index contributed by atoms with van der Waals surface area (Å²) in [6.45, 7) is 6.33. The Morgan fingerprint density at radius 1 is 1.20 bits per heavy atom. The van der Waals surface area contributed by atoms with Crippen molar-refractivity contribution >= 4 is 5.78 Å². The maximum Gasteiger partial charge on any atom is 0.140 e. The molecule has 2 nitrogen and oxygen atoms in total. The van der Waals surface area contributed by atoms with Crippen LogP contribution in [0.25, 0.3) is 0 Å². The van der Waals surface area contributed by atoms with Gasteiger partial charge < -0.3 is 4.74 Å². The summed E-state index contributed by atoms with van der Waals surface area (Å²) in [7, 11) is 1.76. The van der Waals surface area contributed by atoms with Gasteiger partial charge in [0.25, 0.3) is 0 Å². The van der Waals surface area contributed by atoms with Crippen molar-refractivity contribution in [3.8, 4) is 0 Å². The molecule has 2 heteroatoms. The lowest BCUT2D eigenvalue weighted by Crippen LogP contribution is -2.28. The molecule has 1 fully saturated rings. The maximum atomic E-state index is 12.6. The topological polar surface area (TPSA) is 26.3 Å². The fourth-order valence-electron chi connectivity index (χ4n) is 3.46. The molecule has 0 N–H and O–H groups in total. The largest absolute Gasteiger partial charge is 0.381 e. The molecule has 1 aliphatic rings. The van der Waals surface area contributed by atoms with Crippen LogP contribution in [0.4, 0.5) is 0 Å². The van der Waals surface area contributed by atoms with Crippen LogP contribution < -0.4 is 0 Å². The number of aryl methyl sites for hydroxylation is 3. The first-order valence-electron chi connectivity index (χ1n) is 7.63. The van der Waals surface area contributed by atoms with E-state index in [4.69, 9.17) is 4.74 Å². The lowest BCUT2D eigenvalue weighted by Gasteiger charge is -2.27. The molecule has 2 atom stereocenters. The van der Waals surface area contributed by atoms with Crippen LogP contribution in [-0.2, 0) is 16.0 Å². The minimum atomic E-state index is 0.189. The molecule has 0 aliphatic heterocycles. The maximum absolute atomic E-state index is 12.6. The summed E-state index contributed by atoms with van der Waals surface area (Å²) >= 11 is 0. The predicted octanol–water partition coefficient (Wildman–Crippen LogP) is 3.93. The second kappa shape index (κ2) is 6.53. The Morgan fingerprint density at radius 2 is 1.85 bits per heavy atom. The van der Waals surface area contributed by atoms with Gasteiger partial charge in [-0.25, -0.2) is 0 Å². The van der Waals surface area contributed by atoms with Gasteiger partial charge in [-0.1, -0.05) is 24.1 Å².